The third kappa shape index (κ3) is 3.18. The minimum atomic E-state index is -0.215. The fourth-order valence-electron chi connectivity index (χ4n) is 3.67. The second-order valence-electron chi connectivity index (χ2n) is 6.95. The molecule has 1 aromatic rings. The van der Waals surface area contributed by atoms with Crippen molar-refractivity contribution in [1.29, 1.82) is 0 Å². The fourth-order valence-corrected chi connectivity index (χ4v) is 3.67. The van der Waals surface area contributed by atoms with Crippen LogP contribution in [-0.4, -0.2) is 42.1 Å². The number of carbonyl (C=O) groups excluding carboxylic acids is 1. The van der Waals surface area contributed by atoms with Gasteiger partial charge in [-0.05, 0) is 43.7 Å². The zero-order chi connectivity index (χ0) is 14.9. The Morgan fingerprint density at radius 3 is 2.82 bits per heavy atom. The largest absolute Gasteiger partial charge is 0.364 e. The lowest BCUT2D eigenvalue weighted by Crippen LogP contribution is -2.42. The smallest absolute Gasteiger partial charge is 0.249 e. The van der Waals surface area contributed by atoms with Crippen molar-refractivity contribution in [3.05, 3.63) is 35.9 Å². The number of benzene rings is 1. The molecule has 0 aromatic heterocycles. The van der Waals surface area contributed by atoms with E-state index in [1.54, 1.807) is 0 Å². The number of ether oxygens (including phenoxy) is 1. The summed E-state index contributed by atoms with van der Waals surface area (Å²) < 4.78 is 6.07. The van der Waals surface area contributed by atoms with E-state index in [4.69, 9.17) is 4.74 Å². The zero-order valence-corrected chi connectivity index (χ0v) is 12.9. The van der Waals surface area contributed by atoms with E-state index in [1.807, 2.05) is 0 Å². The highest BCUT2D eigenvalue weighted by Gasteiger charge is 2.42. The molecule has 1 N–H and O–H groups in total. The van der Waals surface area contributed by atoms with Gasteiger partial charge in [0.2, 0.25) is 5.91 Å². The highest BCUT2D eigenvalue weighted by molar-refractivity contribution is 5.81. The van der Waals surface area contributed by atoms with E-state index in [9.17, 15) is 4.79 Å². The summed E-state index contributed by atoms with van der Waals surface area (Å²) in [5, 5.41) is 3.08. The number of carbonyl (C=O) groups is 1. The highest BCUT2D eigenvalue weighted by atomic mass is 16.5. The molecule has 1 aromatic carbocycles. The first-order valence-corrected chi connectivity index (χ1v) is 8.50. The van der Waals surface area contributed by atoms with E-state index in [0.29, 0.717) is 12.0 Å². The predicted molar refractivity (Wildman–Crippen MR) is 84.3 cm³/mol. The molecule has 1 amide bonds. The topological polar surface area (TPSA) is 41.6 Å². The molecule has 118 valence electrons. The van der Waals surface area contributed by atoms with E-state index in [1.165, 1.54) is 5.56 Å². The average molecular weight is 300 g/mol. The van der Waals surface area contributed by atoms with Crippen LogP contribution in [0.4, 0.5) is 0 Å². The minimum absolute atomic E-state index is 0.117. The van der Waals surface area contributed by atoms with Gasteiger partial charge in [-0.25, -0.2) is 0 Å². The van der Waals surface area contributed by atoms with Crippen molar-refractivity contribution in [2.24, 2.45) is 5.92 Å². The van der Waals surface area contributed by atoms with Crippen LogP contribution in [0.15, 0.2) is 30.3 Å². The van der Waals surface area contributed by atoms with Gasteiger partial charge in [-0.1, -0.05) is 30.3 Å². The lowest BCUT2D eigenvalue weighted by Gasteiger charge is -2.34. The molecule has 0 radical (unpaired) electrons. The summed E-state index contributed by atoms with van der Waals surface area (Å²) in [7, 11) is 0. The highest BCUT2D eigenvalue weighted by Crippen LogP contribution is 2.34. The van der Waals surface area contributed by atoms with Gasteiger partial charge < -0.3 is 10.1 Å². The van der Waals surface area contributed by atoms with Gasteiger partial charge in [0.05, 0.1) is 6.10 Å². The van der Waals surface area contributed by atoms with Crippen LogP contribution in [-0.2, 0) is 16.1 Å². The van der Waals surface area contributed by atoms with Crippen LogP contribution in [0.1, 0.15) is 31.2 Å². The summed E-state index contributed by atoms with van der Waals surface area (Å²) in [4.78, 5) is 14.6. The molecule has 0 spiro atoms. The van der Waals surface area contributed by atoms with Crippen molar-refractivity contribution in [1.82, 2.24) is 10.2 Å². The standard InChI is InChI=1S/C18H24N2O2/c21-18(19-15-6-7-15)16-10-14-8-9-20(12-17(14)22-16)11-13-4-2-1-3-5-13/h1-5,14-17H,6-12H2,(H,19,21)/t14-,16+,17-/m1/s1. The van der Waals surface area contributed by atoms with Gasteiger partial charge in [0.25, 0.3) is 0 Å². The number of nitrogens with one attached hydrogen (secondary N) is 1. The van der Waals surface area contributed by atoms with Gasteiger partial charge >= 0.3 is 0 Å². The number of hydrogen-bond acceptors (Lipinski definition) is 3. The molecule has 1 aliphatic carbocycles. The quantitative estimate of drug-likeness (QED) is 0.924. The summed E-state index contributed by atoms with van der Waals surface area (Å²) in [6.07, 6.45) is 4.33. The molecule has 3 atom stereocenters. The Bertz CT molecular complexity index is 529. The van der Waals surface area contributed by atoms with Crippen LogP contribution in [0.25, 0.3) is 0 Å². The van der Waals surface area contributed by atoms with E-state index in [0.717, 1.165) is 45.3 Å². The summed E-state index contributed by atoms with van der Waals surface area (Å²) in [5.41, 5.74) is 1.35. The molecule has 4 rings (SSSR count). The Labute approximate surface area is 131 Å². The number of fused-ring (bicyclic) bond motifs is 1. The second-order valence-corrected chi connectivity index (χ2v) is 6.95. The third-order valence-corrected chi connectivity index (χ3v) is 5.10. The van der Waals surface area contributed by atoms with Crippen LogP contribution in [0.3, 0.4) is 0 Å². The number of likely N-dealkylation sites (tertiary alicyclic amines) is 1. The van der Waals surface area contributed by atoms with Crippen LogP contribution < -0.4 is 5.32 Å². The van der Waals surface area contributed by atoms with Crippen LogP contribution in [0, 0.1) is 5.92 Å². The second kappa shape index (κ2) is 6.01. The number of rotatable bonds is 4. The number of nitrogens with zero attached hydrogens (tertiary/aromatic N) is 1. The van der Waals surface area contributed by atoms with Crippen molar-refractivity contribution in [3.63, 3.8) is 0 Å². The van der Waals surface area contributed by atoms with Crippen molar-refractivity contribution in [2.75, 3.05) is 13.1 Å². The normalized spacial score (nSPS) is 31.7. The zero-order valence-electron chi connectivity index (χ0n) is 12.9. The van der Waals surface area contributed by atoms with Gasteiger partial charge in [-0.15, -0.1) is 0 Å². The van der Waals surface area contributed by atoms with Gasteiger partial charge in [0.1, 0.15) is 6.10 Å². The van der Waals surface area contributed by atoms with Crippen molar-refractivity contribution in [2.45, 2.75) is 50.5 Å². The fraction of sp³-hybridized carbons (Fsp3) is 0.611. The molecule has 0 bridgehead atoms. The molecule has 2 saturated heterocycles. The monoisotopic (exact) mass is 300 g/mol. The maximum absolute atomic E-state index is 12.2. The number of piperidine rings is 1. The van der Waals surface area contributed by atoms with Gasteiger partial charge in [0.15, 0.2) is 0 Å². The number of hydrogen-bond donors (Lipinski definition) is 1. The van der Waals surface area contributed by atoms with Crippen LogP contribution in [0.5, 0.6) is 0 Å². The van der Waals surface area contributed by atoms with E-state index in [2.05, 4.69) is 40.5 Å². The Morgan fingerprint density at radius 2 is 2.05 bits per heavy atom. The lowest BCUT2D eigenvalue weighted by atomic mass is 9.91. The summed E-state index contributed by atoms with van der Waals surface area (Å²) in [6, 6.07) is 11.0. The third-order valence-electron chi connectivity index (χ3n) is 5.10. The molecule has 1 saturated carbocycles. The molecule has 0 unspecified atom stereocenters. The molecule has 2 aliphatic heterocycles. The molecule has 4 heteroatoms. The average Bonchev–Trinajstić information content (AvgIpc) is 3.24. The SMILES string of the molecule is O=C(NC1CC1)[C@@H]1C[C@H]2CCN(Cc3ccccc3)C[C@H]2O1. The Kier molecular flexibility index (Phi) is 3.89. The van der Waals surface area contributed by atoms with Crippen molar-refractivity contribution < 1.29 is 9.53 Å². The van der Waals surface area contributed by atoms with E-state index < -0.39 is 0 Å². The minimum Gasteiger partial charge on any atom is -0.364 e. The summed E-state index contributed by atoms with van der Waals surface area (Å²) in [5.74, 6) is 0.675. The van der Waals surface area contributed by atoms with Crippen molar-refractivity contribution >= 4 is 5.91 Å². The Hall–Kier alpha value is -1.39. The Balaban J connectivity index is 1.32. The van der Waals surface area contributed by atoms with Gasteiger partial charge in [-0.3, -0.25) is 9.69 Å². The molecular weight excluding hydrogens is 276 g/mol. The maximum Gasteiger partial charge on any atom is 0.249 e. The first-order chi connectivity index (χ1) is 10.8. The number of amides is 1. The van der Waals surface area contributed by atoms with Crippen LogP contribution >= 0.6 is 0 Å². The van der Waals surface area contributed by atoms with E-state index in [-0.39, 0.29) is 18.1 Å². The Morgan fingerprint density at radius 1 is 1.23 bits per heavy atom. The lowest BCUT2D eigenvalue weighted by molar-refractivity contribution is -0.133. The summed E-state index contributed by atoms with van der Waals surface area (Å²) >= 11 is 0. The molecule has 3 fully saturated rings. The molecule has 4 nitrogen and oxygen atoms in total. The summed E-state index contributed by atoms with van der Waals surface area (Å²) in [6.45, 7) is 3.04. The van der Waals surface area contributed by atoms with Crippen molar-refractivity contribution in [3.8, 4) is 0 Å². The maximum atomic E-state index is 12.2. The van der Waals surface area contributed by atoms with Crippen LogP contribution in [0.2, 0.25) is 0 Å². The first-order valence-electron chi connectivity index (χ1n) is 8.50. The molecule has 22 heavy (non-hydrogen) atoms. The predicted octanol–water partition coefficient (Wildman–Crippen LogP) is 1.94. The molecule has 3 aliphatic rings. The first kappa shape index (κ1) is 14.2. The molecular formula is C18H24N2O2. The van der Waals surface area contributed by atoms with E-state index >= 15 is 0 Å². The van der Waals surface area contributed by atoms with Gasteiger partial charge in [0, 0.05) is 19.1 Å². The molecule has 2 heterocycles. The van der Waals surface area contributed by atoms with Gasteiger partial charge in [-0.2, -0.15) is 0 Å².